The molecule has 2 heterocycles. The Morgan fingerprint density at radius 2 is 2.35 bits per heavy atom. The van der Waals surface area contributed by atoms with Crippen LogP contribution in [0.3, 0.4) is 0 Å². The standard InChI is InChI=1S/C11H18N6/c1-3-8(2)17-5-4-9(16-17)6-10(12)11-13-7-14-15-11/h4-5,7-8,10H,3,6,12H2,1-2H3,(H,13,14,15). The molecule has 0 saturated heterocycles. The fourth-order valence-corrected chi connectivity index (χ4v) is 1.63. The van der Waals surface area contributed by atoms with E-state index in [1.54, 1.807) is 0 Å². The number of H-pyrrole nitrogens is 1. The fourth-order valence-electron chi connectivity index (χ4n) is 1.63. The van der Waals surface area contributed by atoms with E-state index in [0.29, 0.717) is 18.3 Å². The van der Waals surface area contributed by atoms with Gasteiger partial charge in [-0.1, -0.05) is 6.92 Å². The summed E-state index contributed by atoms with van der Waals surface area (Å²) in [5, 5.41) is 11.1. The van der Waals surface area contributed by atoms with Crippen LogP contribution in [0.4, 0.5) is 0 Å². The molecule has 2 unspecified atom stereocenters. The minimum absolute atomic E-state index is 0.183. The molecule has 0 fully saturated rings. The van der Waals surface area contributed by atoms with Gasteiger partial charge < -0.3 is 5.73 Å². The first-order valence-corrected chi connectivity index (χ1v) is 5.85. The normalized spacial score (nSPS) is 14.8. The van der Waals surface area contributed by atoms with Crippen LogP contribution in [0.15, 0.2) is 18.6 Å². The Balaban J connectivity index is 2.02. The van der Waals surface area contributed by atoms with E-state index >= 15 is 0 Å². The Kier molecular flexibility index (Phi) is 3.53. The number of nitrogens with zero attached hydrogens (tertiary/aromatic N) is 4. The summed E-state index contributed by atoms with van der Waals surface area (Å²) < 4.78 is 1.97. The molecule has 0 aliphatic rings. The predicted molar refractivity (Wildman–Crippen MR) is 64.2 cm³/mol. The molecule has 0 amide bonds. The van der Waals surface area contributed by atoms with E-state index in [0.717, 1.165) is 12.1 Å². The van der Waals surface area contributed by atoms with Gasteiger partial charge in [0.05, 0.1) is 11.7 Å². The molecule has 6 nitrogen and oxygen atoms in total. The van der Waals surface area contributed by atoms with Crippen molar-refractivity contribution in [3.63, 3.8) is 0 Å². The SMILES string of the molecule is CCC(C)n1ccc(CC(N)c2ncn[nH]2)n1. The number of nitrogens with two attached hydrogens (primary N) is 1. The maximum Gasteiger partial charge on any atom is 0.141 e. The molecule has 0 spiro atoms. The molecule has 92 valence electrons. The maximum absolute atomic E-state index is 6.01. The number of aromatic amines is 1. The van der Waals surface area contributed by atoms with Gasteiger partial charge in [-0.3, -0.25) is 9.78 Å². The average Bonchev–Trinajstić information content (AvgIpc) is 2.98. The largest absolute Gasteiger partial charge is 0.321 e. The zero-order chi connectivity index (χ0) is 12.3. The van der Waals surface area contributed by atoms with Gasteiger partial charge in [-0.25, -0.2) is 4.98 Å². The first kappa shape index (κ1) is 11.8. The highest BCUT2D eigenvalue weighted by atomic mass is 15.3. The van der Waals surface area contributed by atoms with E-state index in [1.807, 2.05) is 16.9 Å². The smallest absolute Gasteiger partial charge is 0.141 e. The molecule has 17 heavy (non-hydrogen) atoms. The molecule has 0 bridgehead atoms. The minimum Gasteiger partial charge on any atom is -0.321 e. The highest BCUT2D eigenvalue weighted by Crippen LogP contribution is 2.13. The quantitative estimate of drug-likeness (QED) is 0.814. The van der Waals surface area contributed by atoms with Gasteiger partial charge in [0.1, 0.15) is 12.2 Å². The van der Waals surface area contributed by atoms with Crippen LogP contribution in [0.2, 0.25) is 0 Å². The van der Waals surface area contributed by atoms with Crippen LogP contribution in [0.5, 0.6) is 0 Å². The van der Waals surface area contributed by atoms with Crippen molar-refractivity contribution in [3.8, 4) is 0 Å². The third kappa shape index (κ3) is 2.71. The zero-order valence-electron chi connectivity index (χ0n) is 10.2. The molecule has 0 aliphatic heterocycles. The van der Waals surface area contributed by atoms with Crippen molar-refractivity contribution in [3.05, 3.63) is 30.1 Å². The average molecular weight is 234 g/mol. The summed E-state index contributed by atoms with van der Waals surface area (Å²) in [6, 6.07) is 2.24. The second-order valence-corrected chi connectivity index (χ2v) is 4.23. The topological polar surface area (TPSA) is 85.4 Å². The lowest BCUT2D eigenvalue weighted by molar-refractivity contribution is 0.471. The molecule has 2 rings (SSSR count). The molecular formula is C11H18N6. The molecule has 3 N–H and O–H groups in total. The van der Waals surface area contributed by atoms with Crippen LogP contribution in [-0.2, 0) is 6.42 Å². The summed E-state index contributed by atoms with van der Waals surface area (Å²) >= 11 is 0. The van der Waals surface area contributed by atoms with Gasteiger partial charge in [-0.2, -0.15) is 10.2 Å². The van der Waals surface area contributed by atoms with Gasteiger partial charge in [0.25, 0.3) is 0 Å². The highest BCUT2D eigenvalue weighted by molar-refractivity contribution is 5.05. The second-order valence-electron chi connectivity index (χ2n) is 4.23. The van der Waals surface area contributed by atoms with Crippen LogP contribution in [0.25, 0.3) is 0 Å². The molecule has 2 aromatic rings. The molecule has 2 atom stereocenters. The van der Waals surface area contributed by atoms with Crippen LogP contribution < -0.4 is 5.73 Å². The molecule has 2 aromatic heterocycles. The van der Waals surface area contributed by atoms with Crippen molar-refractivity contribution in [2.24, 2.45) is 5.73 Å². The van der Waals surface area contributed by atoms with Crippen LogP contribution >= 0.6 is 0 Å². The fraction of sp³-hybridized carbons (Fsp3) is 0.545. The number of rotatable bonds is 5. The third-order valence-corrected chi connectivity index (χ3v) is 2.92. The molecule has 6 heteroatoms. The lowest BCUT2D eigenvalue weighted by Crippen LogP contribution is -2.16. The van der Waals surface area contributed by atoms with Crippen molar-refractivity contribution < 1.29 is 0 Å². The summed E-state index contributed by atoms with van der Waals surface area (Å²) in [5.41, 5.74) is 6.99. The molecule has 0 radical (unpaired) electrons. The third-order valence-electron chi connectivity index (χ3n) is 2.92. The monoisotopic (exact) mass is 234 g/mol. The summed E-state index contributed by atoms with van der Waals surface area (Å²) in [5.74, 6) is 0.697. The van der Waals surface area contributed by atoms with Gasteiger partial charge in [0.2, 0.25) is 0 Å². The number of aromatic nitrogens is 5. The van der Waals surface area contributed by atoms with Gasteiger partial charge in [0, 0.05) is 18.7 Å². The van der Waals surface area contributed by atoms with Crippen molar-refractivity contribution in [1.29, 1.82) is 0 Å². The lowest BCUT2D eigenvalue weighted by Gasteiger charge is -2.09. The molecular weight excluding hydrogens is 216 g/mol. The summed E-state index contributed by atoms with van der Waals surface area (Å²) in [4.78, 5) is 4.04. The predicted octanol–water partition coefficient (Wildman–Crippen LogP) is 1.21. The van der Waals surface area contributed by atoms with Crippen LogP contribution in [0, 0.1) is 0 Å². The maximum atomic E-state index is 6.01. The Morgan fingerprint density at radius 1 is 1.53 bits per heavy atom. The second kappa shape index (κ2) is 5.09. The zero-order valence-corrected chi connectivity index (χ0v) is 10.2. The summed E-state index contributed by atoms with van der Waals surface area (Å²) in [6.45, 7) is 4.29. The Morgan fingerprint density at radius 3 is 3.00 bits per heavy atom. The molecule has 0 saturated carbocycles. The van der Waals surface area contributed by atoms with Crippen molar-refractivity contribution in [1.82, 2.24) is 25.0 Å². The summed E-state index contributed by atoms with van der Waals surface area (Å²) in [7, 11) is 0. The molecule has 0 aliphatic carbocycles. The van der Waals surface area contributed by atoms with Gasteiger partial charge >= 0.3 is 0 Å². The van der Waals surface area contributed by atoms with Crippen molar-refractivity contribution >= 4 is 0 Å². The lowest BCUT2D eigenvalue weighted by atomic mass is 10.1. The number of hydrogen-bond acceptors (Lipinski definition) is 4. The van der Waals surface area contributed by atoms with E-state index in [1.165, 1.54) is 6.33 Å². The first-order chi connectivity index (χ1) is 8.20. The van der Waals surface area contributed by atoms with E-state index in [9.17, 15) is 0 Å². The van der Waals surface area contributed by atoms with Gasteiger partial charge in [0.15, 0.2) is 0 Å². The van der Waals surface area contributed by atoms with E-state index in [4.69, 9.17) is 5.73 Å². The number of nitrogens with one attached hydrogen (secondary N) is 1. The summed E-state index contributed by atoms with van der Waals surface area (Å²) in [6.07, 6.45) is 5.19. The van der Waals surface area contributed by atoms with Crippen LogP contribution in [0.1, 0.15) is 43.9 Å². The van der Waals surface area contributed by atoms with E-state index in [2.05, 4.69) is 34.1 Å². The van der Waals surface area contributed by atoms with E-state index in [-0.39, 0.29) is 6.04 Å². The Labute approximate surface area is 100 Å². The molecule has 0 aromatic carbocycles. The van der Waals surface area contributed by atoms with Gasteiger partial charge in [-0.15, -0.1) is 0 Å². The number of hydrogen-bond donors (Lipinski definition) is 2. The minimum atomic E-state index is -0.183. The first-order valence-electron chi connectivity index (χ1n) is 5.85. The van der Waals surface area contributed by atoms with E-state index < -0.39 is 0 Å². The Bertz CT molecular complexity index is 446. The van der Waals surface area contributed by atoms with Crippen molar-refractivity contribution in [2.75, 3.05) is 0 Å². The van der Waals surface area contributed by atoms with Crippen molar-refractivity contribution in [2.45, 2.75) is 38.8 Å². The Hall–Kier alpha value is -1.69. The highest BCUT2D eigenvalue weighted by Gasteiger charge is 2.12. The van der Waals surface area contributed by atoms with Crippen LogP contribution in [-0.4, -0.2) is 25.0 Å². The van der Waals surface area contributed by atoms with Gasteiger partial charge in [-0.05, 0) is 19.4 Å².